The Balaban J connectivity index is 1.77. The summed E-state index contributed by atoms with van der Waals surface area (Å²) in [5, 5.41) is 0. The van der Waals surface area contributed by atoms with Gasteiger partial charge in [0.1, 0.15) is 0 Å². The Kier molecular flexibility index (Phi) is 3.95. The van der Waals surface area contributed by atoms with E-state index in [1.807, 2.05) is 6.92 Å². The summed E-state index contributed by atoms with van der Waals surface area (Å²) in [5.41, 5.74) is 9.49. The first-order valence-corrected chi connectivity index (χ1v) is 7.87. The summed E-state index contributed by atoms with van der Waals surface area (Å²) < 4.78 is 2.08. The molecule has 2 N–H and O–H groups in total. The van der Waals surface area contributed by atoms with E-state index >= 15 is 0 Å². The minimum atomic E-state index is 0.360. The van der Waals surface area contributed by atoms with Gasteiger partial charge in [-0.15, -0.1) is 0 Å². The molecule has 2 atom stereocenters. The molecule has 21 heavy (non-hydrogen) atoms. The predicted octanol–water partition coefficient (Wildman–Crippen LogP) is 1.91. The van der Waals surface area contributed by atoms with Gasteiger partial charge in [0, 0.05) is 43.3 Å². The van der Waals surface area contributed by atoms with Gasteiger partial charge in [-0.2, -0.15) is 0 Å². The van der Waals surface area contributed by atoms with Crippen LogP contribution in [0.1, 0.15) is 36.8 Å². The summed E-state index contributed by atoms with van der Waals surface area (Å²) in [5.74, 6) is 1.42. The van der Waals surface area contributed by atoms with Crippen molar-refractivity contribution < 1.29 is 0 Å². The van der Waals surface area contributed by atoms with E-state index in [1.54, 1.807) is 0 Å². The molecule has 0 spiro atoms. The van der Waals surface area contributed by atoms with Gasteiger partial charge in [-0.25, -0.2) is 9.97 Å². The van der Waals surface area contributed by atoms with Gasteiger partial charge in [0.25, 0.3) is 0 Å². The molecule has 1 fully saturated rings. The number of imidazole rings is 1. The summed E-state index contributed by atoms with van der Waals surface area (Å²) >= 11 is 0. The highest BCUT2D eigenvalue weighted by atomic mass is 15.2. The van der Waals surface area contributed by atoms with Gasteiger partial charge in [0.15, 0.2) is 0 Å². The highest BCUT2D eigenvalue weighted by molar-refractivity contribution is 5.34. The van der Waals surface area contributed by atoms with Crippen LogP contribution in [0.15, 0.2) is 12.3 Å². The van der Waals surface area contributed by atoms with E-state index in [9.17, 15) is 0 Å². The van der Waals surface area contributed by atoms with Crippen LogP contribution in [0.2, 0.25) is 0 Å². The summed E-state index contributed by atoms with van der Waals surface area (Å²) in [6.07, 6.45) is 4.36. The summed E-state index contributed by atoms with van der Waals surface area (Å²) in [6.45, 7) is 9.38. The molecule has 0 amide bonds. The normalized spacial score (nSPS) is 23.8. The Hall–Kier alpha value is -1.46. The molecule has 1 aliphatic heterocycles. The van der Waals surface area contributed by atoms with Gasteiger partial charge in [-0.1, -0.05) is 13.3 Å². The second-order valence-corrected chi connectivity index (χ2v) is 6.30. The third-order valence-corrected chi connectivity index (χ3v) is 4.60. The third kappa shape index (κ3) is 2.94. The summed E-state index contributed by atoms with van der Waals surface area (Å²) in [6, 6.07) is 2.45. The maximum absolute atomic E-state index is 6.19. The second-order valence-electron chi connectivity index (χ2n) is 6.30. The SMILES string of the molecule is CCC1CN(Cc2cn3c(C)cc(C)nc3n2)CCC1N. The largest absolute Gasteiger partial charge is 0.327 e. The first-order valence-electron chi connectivity index (χ1n) is 7.87. The molecule has 0 bridgehead atoms. The van der Waals surface area contributed by atoms with Crippen LogP contribution < -0.4 is 5.73 Å². The highest BCUT2D eigenvalue weighted by Crippen LogP contribution is 2.20. The Morgan fingerprint density at radius 1 is 1.33 bits per heavy atom. The lowest BCUT2D eigenvalue weighted by molar-refractivity contribution is 0.144. The number of aryl methyl sites for hydroxylation is 2. The average Bonchev–Trinajstić information content (AvgIpc) is 2.83. The van der Waals surface area contributed by atoms with Crippen LogP contribution in [0.25, 0.3) is 5.78 Å². The molecule has 3 heterocycles. The number of likely N-dealkylation sites (tertiary alicyclic amines) is 1. The van der Waals surface area contributed by atoms with Crippen molar-refractivity contribution >= 4 is 5.78 Å². The quantitative estimate of drug-likeness (QED) is 0.937. The molecule has 1 aliphatic rings. The van der Waals surface area contributed by atoms with E-state index in [1.165, 1.54) is 5.69 Å². The Bertz CT molecular complexity index is 633. The standard InChI is InChI=1S/C16H25N5/c1-4-13-8-20(6-5-15(13)17)9-14-10-21-12(3)7-11(2)18-16(21)19-14/h7,10,13,15H,4-6,8-9,17H2,1-3H3. The molecule has 0 saturated carbocycles. The van der Waals surface area contributed by atoms with Crippen LogP contribution >= 0.6 is 0 Å². The molecule has 2 unspecified atom stereocenters. The Morgan fingerprint density at radius 3 is 2.90 bits per heavy atom. The molecule has 0 radical (unpaired) electrons. The van der Waals surface area contributed by atoms with E-state index in [0.29, 0.717) is 12.0 Å². The second kappa shape index (κ2) is 5.73. The lowest BCUT2D eigenvalue weighted by Gasteiger charge is -2.36. The topological polar surface area (TPSA) is 59.5 Å². The number of aromatic nitrogens is 3. The molecule has 5 heteroatoms. The molecular weight excluding hydrogens is 262 g/mol. The highest BCUT2D eigenvalue weighted by Gasteiger charge is 2.25. The fourth-order valence-corrected chi connectivity index (χ4v) is 3.32. The van der Waals surface area contributed by atoms with Crippen molar-refractivity contribution in [1.29, 1.82) is 0 Å². The fraction of sp³-hybridized carbons (Fsp3) is 0.625. The summed E-state index contributed by atoms with van der Waals surface area (Å²) in [4.78, 5) is 11.7. The third-order valence-electron chi connectivity index (χ3n) is 4.60. The lowest BCUT2D eigenvalue weighted by Crippen LogP contribution is -2.46. The molecule has 3 rings (SSSR count). The lowest BCUT2D eigenvalue weighted by atomic mass is 9.91. The Labute approximate surface area is 126 Å². The predicted molar refractivity (Wildman–Crippen MR) is 84.1 cm³/mol. The van der Waals surface area contributed by atoms with E-state index in [-0.39, 0.29) is 0 Å². The van der Waals surface area contributed by atoms with Gasteiger partial charge in [0.05, 0.1) is 5.69 Å². The van der Waals surface area contributed by atoms with Crippen LogP contribution in [0.4, 0.5) is 0 Å². The van der Waals surface area contributed by atoms with Crippen molar-refractivity contribution in [2.45, 2.75) is 46.2 Å². The number of nitrogens with zero attached hydrogens (tertiary/aromatic N) is 4. The van der Waals surface area contributed by atoms with Crippen molar-refractivity contribution in [3.05, 3.63) is 29.3 Å². The molecule has 2 aromatic rings. The first-order chi connectivity index (χ1) is 10.1. The van der Waals surface area contributed by atoms with Crippen molar-refractivity contribution in [2.24, 2.45) is 11.7 Å². The number of fused-ring (bicyclic) bond motifs is 1. The number of hydrogen-bond donors (Lipinski definition) is 1. The number of nitrogens with two attached hydrogens (primary N) is 1. The zero-order chi connectivity index (χ0) is 15.0. The van der Waals surface area contributed by atoms with Crippen molar-refractivity contribution in [2.75, 3.05) is 13.1 Å². The molecular formula is C16H25N5. The molecule has 114 valence electrons. The number of rotatable bonds is 3. The van der Waals surface area contributed by atoms with Gasteiger partial charge in [-0.05, 0) is 32.3 Å². The van der Waals surface area contributed by atoms with Crippen LogP contribution in [-0.2, 0) is 6.54 Å². The maximum Gasteiger partial charge on any atom is 0.234 e. The van der Waals surface area contributed by atoms with Crippen molar-refractivity contribution in [3.63, 3.8) is 0 Å². The van der Waals surface area contributed by atoms with Crippen molar-refractivity contribution in [3.8, 4) is 0 Å². The molecule has 0 aromatic carbocycles. The van der Waals surface area contributed by atoms with E-state index in [0.717, 1.165) is 49.6 Å². The molecule has 1 saturated heterocycles. The van der Waals surface area contributed by atoms with Crippen LogP contribution in [0, 0.1) is 19.8 Å². The zero-order valence-electron chi connectivity index (χ0n) is 13.2. The van der Waals surface area contributed by atoms with Gasteiger partial charge >= 0.3 is 0 Å². The summed E-state index contributed by atoms with van der Waals surface area (Å²) in [7, 11) is 0. The van der Waals surface area contributed by atoms with Crippen LogP contribution in [-0.4, -0.2) is 38.4 Å². The van der Waals surface area contributed by atoms with Gasteiger partial charge in [-0.3, -0.25) is 9.30 Å². The van der Waals surface area contributed by atoms with Crippen LogP contribution in [0.3, 0.4) is 0 Å². The number of piperidine rings is 1. The van der Waals surface area contributed by atoms with E-state index < -0.39 is 0 Å². The molecule has 0 aliphatic carbocycles. The van der Waals surface area contributed by atoms with E-state index in [2.05, 4.69) is 45.4 Å². The average molecular weight is 287 g/mol. The van der Waals surface area contributed by atoms with Gasteiger partial charge in [0.2, 0.25) is 5.78 Å². The molecule has 2 aromatic heterocycles. The smallest absolute Gasteiger partial charge is 0.234 e. The number of hydrogen-bond acceptors (Lipinski definition) is 4. The Morgan fingerprint density at radius 2 is 2.14 bits per heavy atom. The fourth-order valence-electron chi connectivity index (χ4n) is 3.32. The van der Waals surface area contributed by atoms with Gasteiger partial charge < -0.3 is 5.73 Å². The molecule has 5 nitrogen and oxygen atoms in total. The minimum absolute atomic E-state index is 0.360. The zero-order valence-corrected chi connectivity index (χ0v) is 13.2. The van der Waals surface area contributed by atoms with Crippen molar-refractivity contribution in [1.82, 2.24) is 19.3 Å². The van der Waals surface area contributed by atoms with Crippen LogP contribution in [0.5, 0.6) is 0 Å². The first kappa shape index (κ1) is 14.5. The maximum atomic E-state index is 6.19. The monoisotopic (exact) mass is 287 g/mol. The minimum Gasteiger partial charge on any atom is -0.327 e. The van der Waals surface area contributed by atoms with E-state index in [4.69, 9.17) is 5.73 Å².